The fraction of sp³-hybridized carbons (Fsp3) is 0.443. The monoisotopic (exact) mass is 1040 g/mol. The number of hydrogen-bond donors (Lipinski definition) is 0. The summed E-state index contributed by atoms with van der Waals surface area (Å²) < 4.78 is 36.3. The van der Waals surface area contributed by atoms with Crippen LogP contribution in [0.25, 0.3) is 0 Å². The fourth-order valence-corrected chi connectivity index (χ4v) is 11.1. The van der Waals surface area contributed by atoms with Gasteiger partial charge in [-0.1, -0.05) is 41.6 Å². The second-order valence-electron chi connectivity index (χ2n) is 20.1. The third-order valence-corrected chi connectivity index (χ3v) is 14.9. The lowest BCUT2D eigenvalue weighted by Gasteiger charge is -2.26. The lowest BCUT2D eigenvalue weighted by atomic mass is 9.99. The third-order valence-electron chi connectivity index (χ3n) is 14.9. The molecule has 0 aromatic heterocycles. The Morgan fingerprint density at radius 1 is 0.671 bits per heavy atom. The van der Waals surface area contributed by atoms with Gasteiger partial charge in [0.1, 0.15) is 31.4 Å². The molecule has 5 aromatic rings. The number of methoxy groups -OCH3 is 2. The summed E-state index contributed by atoms with van der Waals surface area (Å²) >= 11 is 0. The molecule has 0 aliphatic carbocycles. The molecule has 0 N–H and O–H groups in total. The largest absolute Gasteiger partial charge is 0.493 e. The highest BCUT2D eigenvalue weighted by molar-refractivity contribution is 6.12. The number of para-hydroxylation sites is 2. The number of oxime groups is 1. The zero-order valence-electron chi connectivity index (χ0n) is 44.9. The molecule has 0 spiro atoms. The number of amides is 2. The third kappa shape index (κ3) is 12.7. The molecule has 4 aliphatic rings. The van der Waals surface area contributed by atoms with Crippen LogP contribution in [0.4, 0.5) is 22.7 Å². The number of likely N-dealkylation sites (N-methyl/N-ethyl adjacent to an activating group) is 1. The van der Waals surface area contributed by atoms with E-state index in [0.717, 1.165) is 83.5 Å². The molecule has 0 unspecified atom stereocenters. The summed E-state index contributed by atoms with van der Waals surface area (Å²) in [4.78, 5) is 55.3. The summed E-state index contributed by atoms with van der Waals surface area (Å²) in [5, 5.41) is 3.81. The van der Waals surface area contributed by atoms with Crippen molar-refractivity contribution in [3.05, 3.63) is 136 Å². The van der Waals surface area contributed by atoms with Crippen LogP contribution in [0.3, 0.4) is 0 Å². The summed E-state index contributed by atoms with van der Waals surface area (Å²) in [6.45, 7) is 8.92. The number of carbonyl (C=O) groups excluding carboxylic acids is 3. The Morgan fingerprint density at radius 3 is 2.05 bits per heavy atom. The van der Waals surface area contributed by atoms with Gasteiger partial charge >= 0.3 is 0 Å². The van der Waals surface area contributed by atoms with Gasteiger partial charge in [0.25, 0.3) is 11.8 Å². The van der Waals surface area contributed by atoms with Crippen LogP contribution in [0.5, 0.6) is 17.2 Å². The van der Waals surface area contributed by atoms with Gasteiger partial charge in [-0.15, -0.1) is 0 Å². The Kier molecular flexibility index (Phi) is 18.2. The van der Waals surface area contributed by atoms with E-state index in [9.17, 15) is 14.4 Å². The highest BCUT2D eigenvalue weighted by Crippen LogP contribution is 2.42. The van der Waals surface area contributed by atoms with Gasteiger partial charge in [-0.05, 0) is 141 Å². The summed E-state index contributed by atoms with van der Waals surface area (Å²) in [5.74, 6) is 1.94. The molecule has 0 saturated carbocycles. The molecule has 0 bridgehead atoms. The number of ether oxygens (including phenoxy) is 6. The number of unbranched alkanes of at least 4 members (excludes halogenated alkanes) is 1. The molecular weight excluding hydrogens is 963 g/mol. The SMILES string of the molecule is CC=NOCCCCC(=O)CCCN(CCOCCOCCOC)c1cc(COc2cc3c(cc2C)C(=O)N2c4ccccc4C[C@H]2CN3C)cc(COc2cc3c(cc2OC)C(=O)N2c4ccccc4C[C@H]2CC3)c1. The topological polar surface area (TPSA) is 141 Å². The first kappa shape index (κ1) is 53.9. The number of rotatable bonds is 27. The molecule has 4 aliphatic heterocycles. The van der Waals surface area contributed by atoms with Crippen molar-refractivity contribution >= 4 is 46.6 Å². The molecule has 15 heteroatoms. The van der Waals surface area contributed by atoms with Crippen LogP contribution in [-0.4, -0.2) is 116 Å². The number of hydrogen-bond acceptors (Lipinski definition) is 13. The highest BCUT2D eigenvalue weighted by atomic mass is 16.6. The average molecular weight is 1040 g/mol. The van der Waals surface area contributed by atoms with Crippen molar-refractivity contribution in [1.29, 1.82) is 0 Å². The normalized spacial score (nSPS) is 16.4. The van der Waals surface area contributed by atoms with E-state index < -0.39 is 0 Å². The first-order valence-corrected chi connectivity index (χ1v) is 26.9. The van der Waals surface area contributed by atoms with Crippen LogP contribution in [-0.2, 0) is 56.3 Å². The van der Waals surface area contributed by atoms with Crippen molar-refractivity contribution in [2.24, 2.45) is 5.16 Å². The lowest BCUT2D eigenvalue weighted by molar-refractivity contribution is -0.119. The number of benzene rings is 5. The quantitative estimate of drug-likeness (QED) is 0.0281. The van der Waals surface area contributed by atoms with Crippen LogP contribution < -0.4 is 33.8 Å². The van der Waals surface area contributed by atoms with E-state index >= 15 is 0 Å². The maximum Gasteiger partial charge on any atom is 0.260 e. The second-order valence-corrected chi connectivity index (χ2v) is 20.1. The molecular formula is C61H73N5O10. The molecule has 2 atom stereocenters. The lowest BCUT2D eigenvalue weighted by Crippen LogP contribution is -2.41. The van der Waals surface area contributed by atoms with Crippen molar-refractivity contribution in [3.63, 3.8) is 0 Å². The Hall–Kier alpha value is -6.94. The minimum Gasteiger partial charge on any atom is -0.493 e. The van der Waals surface area contributed by atoms with Gasteiger partial charge in [0.05, 0.1) is 57.4 Å². The first-order valence-electron chi connectivity index (χ1n) is 26.9. The van der Waals surface area contributed by atoms with E-state index in [4.69, 9.17) is 33.3 Å². The van der Waals surface area contributed by atoms with E-state index in [2.05, 4.69) is 45.3 Å². The zero-order valence-corrected chi connectivity index (χ0v) is 44.9. The molecule has 0 saturated heterocycles. The van der Waals surface area contributed by atoms with E-state index in [1.165, 1.54) is 11.1 Å². The molecule has 9 rings (SSSR count). The number of Topliss-reactive ketones (excluding diaryl/α,β-unsaturated/α-hetero) is 1. The van der Waals surface area contributed by atoms with Crippen LogP contribution >= 0.6 is 0 Å². The Balaban J connectivity index is 0.971. The Labute approximate surface area is 447 Å². The van der Waals surface area contributed by atoms with Crippen molar-refractivity contribution in [1.82, 2.24) is 0 Å². The van der Waals surface area contributed by atoms with Crippen molar-refractivity contribution in [3.8, 4) is 17.2 Å². The van der Waals surface area contributed by atoms with Gasteiger partial charge in [-0.2, -0.15) is 0 Å². The highest BCUT2D eigenvalue weighted by Gasteiger charge is 2.40. The standard InChI is InChI=1S/C61H73N5O10/c1-6-62-76-24-12-11-16-51(67)17-13-22-64(23-25-72-28-29-73-27-26-70-4)49-32-43(40-74-57-38-56-53(30-42(57)2)61(69)66-50(39-63(56)3)35-47-15-8-10-19-55(47)66)31-44(33-49)41-75-59-36-45-20-21-48-34-46-14-7-9-18-54(46)65(48)60(68)52(45)37-58(59)71-5/h6-10,14-15,18-19,30-33,36-38,48,50H,11-13,16-17,20-29,34-35,39-41H2,1-5H3/t48-,50+/m1/s1. The minimum absolute atomic E-state index is 0.00160. The first-order chi connectivity index (χ1) is 37.1. The molecule has 76 heavy (non-hydrogen) atoms. The van der Waals surface area contributed by atoms with Crippen molar-refractivity contribution < 1.29 is 47.6 Å². The van der Waals surface area contributed by atoms with E-state index in [0.29, 0.717) is 107 Å². The molecule has 5 aromatic carbocycles. The van der Waals surface area contributed by atoms with Gasteiger partial charge < -0.3 is 52.9 Å². The summed E-state index contributed by atoms with van der Waals surface area (Å²) in [6.07, 6.45) is 7.93. The van der Waals surface area contributed by atoms with Gasteiger partial charge in [-0.3, -0.25) is 14.4 Å². The van der Waals surface area contributed by atoms with Gasteiger partial charge in [0.15, 0.2) is 11.5 Å². The predicted octanol–water partition coefficient (Wildman–Crippen LogP) is 9.73. The number of nitrogens with zero attached hydrogens (tertiary/aromatic N) is 5. The maximum atomic E-state index is 14.3. The number of anilines is 4. The molecule has 4 heterocycles. The molecule has 15 nitrogen and oxygen atoms in total. The minimum atomic E-state index is -0.0182. The van der Waals surface area contributed by atoms with Crippen LogP contribution in [0.15, 0.2) is 96.2 Å². The number of carbonyl (C=O) groups is 3. The van der Waals surface area contributed by atoms with Gasteiger partial charge in [0.2, 0.25) is 0 Å². The van der Waals surface area contributed by atoms with E-state index in [1.54, 1.807) is 27.4 Å². The molecule has 0 fully saturated rings. The average Bonchev–Trinajstić information content (AvgIpc) is 3.93. The van der Waals surface area contributed by atoms with Gasteiger partial charge in [0, 0.05) is 87.6 Å². The molecule has 0 radical (unpaired) electrons. The molecule has 402 valence electrons. The smallest absolute Gasteiger partial charge is 0.260 e. The number of ketones is 1. The van der Waals surface area contributed by atoms with Crippen LogP contribution in [0, 0.1) is 6.92 Å². The fourth-order valence-electron chi connectivity index (χ4n) is 11.1. The number of aryl methyl sites for hydroxylation is 2. The van der Waals surface area contributed by atoms with E-state index in [1.807, 2.05) is 84.4 Å². The maximum absolute atomic E-state index is 14.3. The van der Waals surface area contributed by atoms with Crippen LogP contribution in [0.2, 0.25) is 0 Å². The van der Waals surface area contributed by atoms with E-state index in [-0.39, 0.29) is 42.9 Å². The Bertz CT molecular complexity index is 2870. The number of fused-ring (bicyclic) bond motifs is 8. The van der Waals surface area contributed by atoms with Crippen molar-refractivity contribution in [2.45, 2.75) is 96.9 Å². The van der Waals surface area contributed by atoms with Gasteiger partial charge in [-0.25, -0.2) is 0 Å². The van der Waals surface area contributed by atoms with Crippen molar-refractivity contribution in [2.75, 3.05) is 100 Å². The summed E-state index contributed by atoms with van der Waals surface area (Å²) in [6, 6.07) is 30.7. The second kappa shape index (κ2) is 25.7. The summed E-state index contributed by atoms with van der Waals surface area (Å²) in [5.41, 5.74) is 11.0. The van der Waals surface area contributed by atoms with Crippen LogP contribution in [0.1, 0.15) is 99.5 Å². The Morgan fingerprint density at radius 2 is 1.33 bits per heavy atom. The molecule has 2 amide bonds. The predicted molar refractivity (Wildman–Crippen MR) is 296 cm³/mol. The summed E-state index contributed by atoms with van der Waals surface area (Å²) in [7, 11) is 5.30. The zero-order chi connectivity index (χ0) is 53.0.